The van der Waals surface area contributed by atoms with Gasteiger partial charge in [0.05, 0.1) is 5.69 Å². The van der Waals surface area contributed by atoms with Crippen molar-refractivity contribution in [2.75, 3.05) is 0 Å². The Bertz CT molecular complexity index is 147. The molecule has 0 saturated heterocycles. The van der Waals surface area contributed by atoms with Gasteiger partial charge in [0.2, 0.25) is 0 Å². The van der Waals surface area contributed by atoms with E-state index in [1.165, 1.54) is 6.39 Å². The summed E-state index contributed by atoms with van der Waals surface area (Å²) in [5.74, 6) is 0. The van der Waals surface area contributed by atoms with E-state index in [9.17, 15) is 0 Å². The Hall–Kier alpha value is -0.440. The molecular weight excluding hydrogens is 122 g/mol. The fraction of sp³-hybridized carbons (Fsp3) is 0.400. The molecule has 1 unspecified atom stereocenters. The molecular formula is C5H7NOS. The minimum atomic E-state index is 0.175. The number of thiol groups is 1. The first-order valence-electron chi connectivity index (χ1n) is 2.37. The topological polar surface area (TPSA) is 26.0 Å². The van der Waals surface area contributed by atoms with Crippen LogP contribution in [0.5, 0.6) is 0 Å². The van der Waals surface area contributed by atoms with Crippen LogP contribution in [0, 0.1) is 0 Å². The van der Waals surface area contributed by atoms with Gasteiger partial charge in [-0.3, -0.25) is 0 Å². The minimum absolute atomic E-state index is 0.175. The standard InChI is InChI=1S/C5H7NOS/c1-4(8)5-2-7-3-6-5/h2-4,8H,1H3. The Morgan fingerprint density at radius 3 is 2.88 bits per heavy atom. The van der Waals surface area contributed by atoms with E-state index in [2.05, 4.69) is 17.6 Å². The van der Waals surface area contributed by atoms with E-state index in [0.717, 1.165) is 5.69 Å². The highest BCUT2D eigenvalue weighted by atomic mass is 32.1. The maximum absolute atomic E-state index is 4.72. The van der Waals surface area contributed by atoms with Crippen LogP contribution >= 0.6 is 12.6 Å². The summed E-state index contributed by atoms with van der Waals surface area (Å²) in [5.41, 5.74) is 0.883. The van der Waals surface area contributed by atoms with Gasteiger partial charge in [0, 0.05) is 5.25 Å². The van der Waals surface area contributed by atoms with Crippen molar-refractivity contribution in [2.45, 2.75) is 12.2 Å². The van der Waals surface area contributed by atoms with Crippen LogP contribution in [0.4, 0.5) is 0 Å². The van der Waals surface area contributed by atoms with Crippen LogP contribution in [0.1, 0.15) is 17.9 Å². The average Bonchev–Trinajstić information content (AvgIpc) is 2.12. The molecule has 0 N–H and O–H groups in total. The van der Waals surface area contributed by atoms with E-state index in [0.29, 0.717) is 0 Å². The lowest BCUT2D eigenvalue weighted by Crippen LogP contribution is -1.80. The second-order valence-corrected chi connectivity index (χ2v) is 2.36. The molecule has 2 nitrogen and oxygen atoms in total. The zero-order valence-corrected chi connectivity index (χ0v) is 5.43. The van der Waals surface area contributed by atoms with Gasteiger partial charge in [-0.25, -0.2) is 4.98 Å². The average molecular weight is 129 g/mol. The highest BCUT2D eigenvalue weighted by molar-refractivity contribution is 7.80. The second kappa shape index (κ2) is 2.22. The van der Waals surface area contributed by atoms with Crippen LogP contribution < -0.4 is 0 Å². The van der Waals surface area contributed by atoms with Crippen LogP contribution in [-0.4, -0.2) is 4.98 Å². The fourth-order valence-corrected chi connectivity index (χ4v) is 0.556. The van der Waals surface area contributed by atoms with E-state index in [-0.39, 0.29) is 5.25 Å². The van der Waals surface area contributed by atoms with Crippen LogP contribution in [0.3, 0.4) is 0 Å². The molecule has 1 atom stereocenters. The fourth-order valence-electron chi connectivity index (χ4n) is 0.428. The monoisotopic (exact) mass is 129 g/mol. The Labute approximate surface area is 53.3 Å². The van der Waals surface area contributed by atoms with Gasteiger partial charge in [0.1, 0.15) is 6.26 Å². The molecule has 0 aromatic carbocycles. The number of hydrogen-bond acceptors (Lipinski definition) is 3. The summed E-state index contributed by atoms with van der Waals surface area (Å²) in [6.07, 6.45) is 3.00. The highest BCUT2D eigenvalue weighted by Crippen LogP contribution is 2.14. The molecule has 8 heavy (non-hydrogen) atoms. The van der Waals surface area contributed by atoms with Gasteiger partial charge in [0.25, 0.3) is 0 Å². The summed E-state index contributed by atoms with van der Waals surface area (Å²) in [7, 11) is 0. The predicted molar refractivity (Wildman–Crippen MR) is 33.9 cm³/mol. The summed E-state index contributed by atoms with van der Waals surface area (Å²) in [6.45, 7) is 1.95. The zero-order valence-electron chi connectivity index (χ0n) is 4.53. The maximum Gasteiger partial charge on any atom is 0.180 e. The van der Waals surface area contributed by atoms with Crippen LogP contribution in [0.2, 0.25) is 0 Å². The highest BCUT2D eigenvalue weighted by Gasteiger charge is 1.99. The van der Waals surface area contributed by atoms with Gasteiger partial charge in [-0.15, -0.1) is 0 Å². The van der Waals surface area contributed by atoms with E-state index in [1.807, 2.05) is 6.92 Å². The summed E-state index contributed by atoms with van der Waals surface area (Å²) in [4.78, 5) is 3.87. The molecule has 44 valence electrons. The van der Waals surface area contributed by atoms with Crippen molar-refractivity contribution in [1.82, 2.24) is 4.98 Å². The van der Waals surface area contributed by atoms with Crippen LogP contribution in [-0.2, 0) is 0 Å². The van der Waals surface area contributed by atoms with Gasteiger partial charge in [-0.1, -0.05) is 0 Å². The largest absolute Gasteiger partial charge is 0.451 e. The first-order chi connectivity index (χ1) is 3.80. The third-order valence-electron chi connectivity index (χ3n) is 0.879. The molecule has 0 aliphatic carbocycles. The van der Waals surface area contributed by atoms with Crippen molar-refractivity contribution >= 4 is 12.6 Å². The number of oxazole rings is 1. The van der Waals surface area contributed by atoms with E-state index < -0.39 is 0 Å². The van der Waals surface area contributed by atoms with Gasteiger partial charge < -0.3 is 4.42 Å². The van der Waals surface area contributed by atoms with Crippen molar-refractivity contribution < 1.29 is 4.42 Å². The molecule has 1 aromatic heterocycles. The summed E-state index contributed by atoms with van der Waals surface area (Å²) in [6, 6.07) is 0. The minimum Gasteiger partial charge on any atom is -0.451 e. The molecule has 0 aliphatic heterocycles. The number of rotatable bonds is 1. The van der Waals surface area contributed by atoms with Crippen molar-refractivity contribution in [3.63, 3.8) is 0 Å². The first kappa shape index (κ1) is 5.69. The number of nitrogens with zero attached hydrogens (tertiary/aromatic N) is 1. The first-order valence-corrected chi connectivity index (χ1v) is 2.88. The Morgan fingerprint density at radius 1 is 1.88 bits per heavy atom. The molecule has 0 fully saturated rings. The van der Waals surface area contributed by atoms with Crippen molar-refractivity contribution in [3.8, 4) is 0 Å². The quantitative estimate of drug-likeness (QED) is 0.583. The van der Waals surface area contributed by atoms with Gasteiger partial charge in [-0.05, 0) is 6.92 Å². The zero-order chi connectivity index (χ0) is 5.98. The Kier molecular flexibility index (Phi) is 1.58. The van der Waals surface area contributed by atoms with Crippen LogP contribution in [0.25, 0.3) is 0 Å². The molecule has 0 radical (unpaired) electrons. The smallest absolute Gasteiger partial charge is 0.180 e. The van der Waals surface area contributed by atoms with Gasteiger partial charge >= 0.3 is 0 Å². The maximum atomic E-state index is 4.72. The van der Waals surface area contributed by atoms with E-state index in [1.54, 1.807) is 6.26 Å². The molecule has 0 aliphatic rings. The third-order valence-corrected chi connectivity index (χ3v) is 1.14. The number of hydrogen-bond donors (Lipinski definition) is 1. The van der Waals surface area contributed by atoms with E-state index in [4.69, 9.17) is 4.42 Å². The Balaban J connectivity index is 2.77. The lowest BCUT2D eigenvalue weighted by Gasteiger charge is -1.92. The third kappa shape index (κ3) is 1.04. The lowest BCUT2D eigenvalue weighted by molar-refractivity contribution is 0.556. The van der Waals surface area contributed by atoms with Crippen LogP contribution in [0.15, 0.2) is 17.1 Å². The molecule has 1 heterocycles. The molecule has 1 rings (SSSR count). The summed E-state index contributed by atoms with van der Waals surface area (Å²) in [5, 5.41) is 0.175. The SMILES string of the molecule is CC(S)c1cocn1. The van der Waals surface area contributed by atoms with E-state index >= 15 is 0 Å². The Morgan fingerprint density at radius 2 is 2.62 bits per heavy atom. The molecule has 1 aromatic rings. The lowest BCUT2D eigenvalue weighted by atomic mass is 10.4. The molecule has 0 amide bonds. The summed E-state index contributed by atoms with van der Waals surface area (Å²) >= 11 is 4.13. The number of aromatic nitrogens is 1. The molecule has 0 bridgehead atoms. The predicted octanol–water partition coefficient (Wildman–Crippen LogP) is 1.67. The van der Waals surface area contributed by atoms with Gasteiger partial charge in [-0.2, -0.15) is 12.6 Å². The summed E-state index contributed by atoms with van der Waals surface area (Å²) < 4.78 is 4.72. The second-order valence-electron chi connectivity index (χ2n) is 1.59. The van der Waals surface area contributed by atoms with Crippen molar-refractivity contribution in [1.29, 1.82) is 0 Å². The van der Waals surface area contributed by atoms with Gasteiger partial charge in [0.15, 0.2) is 6.39 Å². The molecule has 0 saturated carbocycles. The molecule has 0 spiro atoms. The van der Waals surface area contributed by atoms with Crippen molar-refractivity contribution in [2.24, 2.45) is 0 Å². The molecule has 3 heteroatoms. The normalized spacial score (nSPS) is 13.8. The van der Waals surface area contributed by atoms with Crippen molar-refractivity contribution in [3.05, 3.63) is 18.4 Å².